The van der Waals surface area contributed by atoms with E-state index in [0.717, 1.165) is 11.1 Å². The van der Waals surface area contributed by atoms with Crippen LogP contribution in [-0.2, 0) is 15.0 Å². The SMILES string of the molecule is CC(C)(C)c1ccc([C@@H](CC(=O)O)NC(=O)COc2ccccc2)cc1. The first-order chi connectivity index (χ1) is 12.3. The average Bonchev–Trinajstić information content (AvgIpc) is 2.59. The lowest BCUT2D eigenvalue weighted by Gasteiger charge is -2.22. The minimum absolute atomic E-state index is 0.00754. The fourth-order valence-corrected chi connectivity index (χ4v) is 2.54. The predicted molar refractivity (Wildman–Crippen MR) is 100 cm³/mol. The smallest absolute Gasteiger partial charge is 0.305 e. The fraction of sp³-hybridized carbons (Fsp3) is 0.333. The maximum absolute atomic E-state index is 12.2. The highest BCUT2D eigenvalue weighted by molar-refractivity contribution is 5.79. The molecule has 0 bridgehead atoms. The molecule has 2 rings (SSSR count). The third-order valence-corrected chi connectivity index (χ3v) is 4.01. The van der Waals surface area contributed by atoms with Crippen molar-refractivity contribution in [1.82, 2.24) is 5.32 Å². The van der Waals surface area contributed by atoms with Crippen LogP contribution in [0, 0.1) is 0 Å². The van der Waals surface area contributed by atoms with E-state index in [-0.39, 0.29) is 24.3 Å². The largest absolute Gasteiger partial charge is 0.484 e. The number of hydrogen-bond acceptors (Lipinski definition) is 3. The van der Waals surface area contributed by atoms with Gasteiger partial charge in [-0.05, 0) is 28.7 Å². The number of rotatable bonds is 7. The summed E-state index contributed by atoms with van der Waals surface area (Å²) in [5, 5.41) is 11.9. The molecule has 5 heteroatoms. The molecule has 1 atom stereocenters. The maximum atomic E-state index is 12.2. The molecule has 26 heavy (non-hydrogen) atoms. The molecule has 2 aromatic carbocycles. The van der Waals surface area contributed by atoms with E-state index in [9.17, 15) is 9.59 Å². The van der Waals surface area contributed by atoms with Crippen molar-refractivity contribution in [2.75, 3.05) is 6.61 Å². The molecule has 0 aromatic heterocycles. The van der Waals surface area contributed by atoms with Gasteiger partial charge in [-0.3, -0.25) is 9.59 Å². The number of benzene rings is 2. The Morgan fingerprint density at radius 1 is 1.04 bits per heavy atom. The highest BCUT2D eigenvalue weighted by Crippen LogP contribution is 2.25. The summed E-state index contributed by atoms with van der Waals surface area (Å²) in [6.07, 6.45) is -0.189. The van der Waals surface area contributed by atoms with Crippen molar-refractivity contribution in [1.29, 1.82) is 0 Å². The maximum Gasteiger partial charge on any atom is 0.305 e. The Labute approximate surface area is 154 Å². The summed E-state index contributed by atoms with van der Waals surface area (Å²) in [7, 11) is 0. The van der Waals surface area contributed by atoms with Gasteiger partial charge in [0.25, 0.3) is 5.91 Å². The number of para-hydroxylation sites is 1. The Morgan fingerprint density at radius 3 is 2.19 bits per heavy atom. The molecular formula is C21H25NO4. The van der Waals surface area contributed by atoms with Gasteiger partial charge in [-0.2, -0.15) is 0 Å². The number of ether oxygens (including phenoxy) is 1. The zero-order valence-electron chi connectivity index (χ0n) is 15.4. The average molecular weight is 355 g/mol. The summed E-state index contributed by atoms with van der Waals surface area (Å²) in [6.45, 7) is 6.17. The minimum atomic E-state index is -0.973. The normalized spacial score (nSPS) is 12.3. The van der Waals surface area contributed by atoms with Gasteiger partial charge in [-0.15, -0.1) is 0 Å². The van der Waals surface area contributed by atoms with Crippen LogP contribution in [-0.4, -0.2) is 23.6 Å². The Balaban J connectivity index is 2.04. The van der Waals surface area contributed by atoms with Crippen molar-refractivity contribution in [2.45, 2.75) is 38.6 Å². The van der Waals surface area contributed by atoms with Crippen LogP contribution in [0.15, 0.2) is 54.6 Å². The van der Waals surface area contributed by atoms with Crippen molar-refractivity contribution < 1.29 is 19.4 Å². The molecule has 5 nitrogen and oxygen atoms in total. The van der Waals surface area contributed by atoms with E-state index in [0.29, 0.717) is 5.75 Å². The number of hydrogen-bond donors (Lipinski definition) is 2. The highest BCUT2D eigenvalue weighted by atomic mass is 16.5. The molecule has 0 aliphatic heterocycles. The Morgan fingerprint density at radius 2 is 1.65 bits per heavy atom. The van der Waals surface area contributed by atoms with Gasteiger partial charge in [0.05, 0.1) is 12.5 Å². The number of carbonyl (C=O) groups is 2. The molecule has 0 aliphatic carbocycles. The molecule has 0 radical (unpaired) electrons. The first kappa shape index (κ1) is 19.5. The molecule has 138 valence electrons. The quantitative estimate of drug-likeness (QED) is 0.794. The highest BCUT2D eigenvalue weighted by Gasteiger charge is 2.20. The van der Waals surface area contributed by atoms with Gasteiger partial charge >= 0.3 is 5.97 Å². The van der Waals surface area contributed by atoms with Gasteiger partial charge < -0.3 is 15.2 Å². The third-order valence-electron chi connectivity index (χ3n) is 4.01. The van der Waals surface area contributed by atoms with Gasteiger partial charge in [0.1, 0.15) is 5.75 Å². The van der Waals surface area contributed by atoms with E-state index in [2.05, 4.69) is 26.1 Å². The third kappa shape index (κ3) is 5.92. The molecule has 0 spiro atoms. The van der Waals surface area contributed by atoms with Gasteiger partial charge in [0, 0.05) is 0 Å². The van der Waals surface area contributed by atoms with Gasteiger partial charge in [-0.25, -0.2) is 0 Å². The number of aliphatic carboxylic acids is 1. The second kappa shape index (κ2) is 8.52. The molecular weight excluding hydrogens is 330 g/mol. The van der Waals surface area contributed by atoms with Crippen LogP contribution >= 0.6 is 0 Å². The first-order valence-electron chi connectivity index (χ1n) is 8.55. The van der Waals surface area contributed by atoms with Gasteiger partial charge in [0.15, 0.2) is 6.61 Å². The number of nitrogens with one attached hydrogen (secondary N) is 1. The van der Waals surface area contributed by atoms with Crippen molar-refractivity contribution >= 4 is 11.9 Å². The molecule has 0 fully saturated rings. The number of carboxylic acid groups (broad SMARTS) is 1. The lowest BCUT2D eigenvalue weighted by atomic mass is 9.86. The van der Waals surface area contributed by atoms with Crippen LogP contribution < -0.4 is 10.1 Å². The lowest BCUT2D eigenvalue weighted by Crippen LogP contribution is -2.33. The van der Waals surface area contributed by atoms with Crippen molar-refractivity contribution in [3.63, 3.8) is 0 Å². The summed E-state index contributed by atoms with van der Waals surface area (Å²) < 4.78 is 5.41. The summed E-state index contributed by atoms with van der Waals surface area (Å²) >= 11 is 0. The first-order valence-corrected chi connectivity index (χ1v) is 8.55. The van der Waals surface area contributed by atoms with Crippen molar-refractivity contribution in [3.8, 4) is 5.75 Å². The molecule has 2 N–H and O–H groups in total. The summed E-state index contributed by atoms with van der Waals surface area (Å²) in [5.41, 5.74) is 1.91. The fourth-order valence-electron chi connectivity index (χ4n) is 2.54. The number of carbonyl (C=O) groups excluding carboxylic acids is 1. The second-order valence-electron chi connectivity index (χ2n) is 7.19. The Hall–Kier alpha value is -2.82. The monoisotopic (exact) mass is 355 g/mol. The Kier molecular flexibility index (Phi) is 6.39. The molecule has 0 aliphatic rings. The second-order valence-corrected chi connectivity index (χ2v) is 7.19. The van der Waals surface area contributed by atoms with Crippen LogP contribution in [0.3, 0.4) is 0 Å². The van der Waals surface area contributed by atoms with E-state index in [1.165, 1.54) is 0 Å². The molecule has 0 unspecified atom stereocenters. The van der Waals surface area contributed by atoms with E-state index in [4.69, 9.17) is 9.84 Å². The molecule has 0 saturated heterocycles. The summed E-state index contributed by atoms with van der Waals surface area (Å²) in [5.74, 6) is -0.744. The minimum Gasteiger partial charge on any atom is -0.484 e. The van der Waals surface area contributed by atoms with Crippen molar-refractivity contribution in [3.05, 3.63) is 65.7 Å². The summed E-state index contributed by atoms with van der Waals surface area (Å²) in [6, 6.07) is 16.1. The number of amides is 1. The van der Waals surface area contributed by atoms with Crippen LogP contribution in [0.1, 0.15) is 44.4 Å². The number of carboxylic acids is 1. The molecule has 0 saturated carbocycles. The van der Waals surface area contributed by atoms with E-state index < -0.39 is 12.0 Å². The molecule has 1 amide bonds. The van der Waals surface area contributed by atoms with E-state index in [1.54, 1.807) is 12.1 Å². The summed E-state index contributed by atoms with van der Waals surface area (Å²) in [4.78, 5) is 23.4. The molecule has 0 heterocycles. The molecule has 2 aromatic rings. The van der Waals surface area contributed by atoms with Crippen LogP contribution in [0.4, 0.5) is 0 Å². The topological polar surface area (TPSA) is 75.6 Å². The van der Waals surface area contributed by atoms with Crippen LogP contribution in [0.2, 0.25) is 0 Å². The van der Waals surface area contributed by atoms with E-state index in [1.807, 2.05) is 42.5 Å². The van der Waals surface area contributed by atoms with Crippen LogP contribution in [0.25, 0.3) is 0 Å². The standard InChI is InChI=1S/C21H25NO4/c1-21(2,3)16-11-9-15(10-12-16)18(13-20(24)25)22-19(23)14-26-17-7-5-4-6-8-17/h4-12,18H,13-14H2,1-3H3,(H,22,23)(H,24,25)/t18-/m1/s1. The predicted octanol–water partition coefficient (Wildman–Crippen LogP) is 3.70. The van der Waals surface area contributed by atoms with Gasteiger partial charge in [-0.1, -0.05) is 63.2 Å². The lowest BCUT2D eigenvalue weighted by molar-refractivity contribution is -0.137. The van der Waals surface area contributed by atoms with Gasteiger partial charge in [0.2, 0.25) is 0 Å². The zero-order chi connectivity index (χ0) is 19.2. The zero-order valence-corrected chi connectivity index (χ0v) is 15.4. The van der Waals surface area contributed by atoms with E-state index >= 15 is 0 Å². The Bertz CT molecular complexity index is 733. The van der Waals surface area contributed by atoms with Crippen molar-refractivity contribution in [2.24, 2.45) is 0 Å². The van der Waals surface area contributed by atoms with Crippen LogP contribution in [0.5, 0.6) is 5.75 Å².